The van der Waals surface area contributed by atoms with Crippen molar-refractivity contribution in [2.24, 2.45) is 0 Å². The van der Waals surface area contributed by atoms with Gasteiger partial charge in [0.05, 0.1) is 27.4 Å². The van der Waals surface area contributed by atoms with Gasteiger partial charge in [0.25, 0.3) is 5.91 Å². The van der Waals surface area contributed by atoms with Gasteiger partial charge in [0.15, 0.2) is 11.5 Å². The topological polar surface area (TPSA) is 56.8 Å². The van der Waals surface area contributed by atoms with Crippen molar-refractivity contribution in [3.05, 3.63) is 65.7 Å². The summed E-state index contributed by atoms with van der Waals surface area (Å²) in [5.41, 5.74) is 1.51. The number of methoxy groups -OCH3 is 3. The van der Waals surface area contributed by atoms with E-state index in [4.69, 9.17) is 14.2 Å². The van der Waals surface area contributed by atoms with Gasteiger partial charge < -0.3 is 19.5 Å². The Hall–Kier alpha value is -3.21. The minimum Gasteiger partial charge on any atom is -0.493 e. The molecule has 0 spiro atoms. The first kappa shape index (κ1) is 18.6. The largest absolute Gasteiger partial charge is 0.493 e. The molecule has 1 amide bonds. The Kier molecular flexibility index (Phi) is 5.50. The number of carbonyl (C=O) groups excluding carboxylic acids is 1. The van der Waals surface area contributed by atoms with Gasteiger partial charge in [-0.05, 0) is 41.5 Å². The van der Waals surface area contributed by atoms with Crippen LogP contribution < -0.4 is 19.5 Å². The molecule has 3 aromatic rings. The summed E-state index contributed by atoms with van der Waals surface area (Å²) >= 11 is 0. The number of nitrogens with one attached hydrogen (secondary N) is 1. The highest BCUT2D eigenvalue weighted by Gasteiger charge is 2.19. The molecule has 0 aliphatic rings. The number of carbonyl (C=O) groups is 1. The first-order valence-electron chi connectivity index (χ1n) is 8.67. The van der Waals surface area contributed by atoms with Gasteiger partial charge >= 0.3 is 0 Å². The van der Waals surface area contributed by atoms with Crippen LogP contribution >= 0.6 is 0 Å². The van der Waals surface area contributed by atoms with Crippen LogP contribution in [-0.4, -0.2) is 27.2 Å². The van der Waals surface area contributed by atoms with Crippen molar-refractivity contribution in [2.45, 2.75) is 13.0 Å². The van der Waals surface area contributed by atoms with Crippen LogP contribution in [0.1, 0.15) is 28.9 Å². The maximum atomic E-state index is 12.9. The average molecular weight is 365 g/mol. The molecule has 1 N–H and O–H groups in total. The molecule has 1 unspecified atom stereocenters. The molecule has 0 aliphatic heterocycles. The highest BCUT2D eigenvalue weighted by Crippen LogP contribution is 2.39. The highest BCUT2D eigenvalue weighted by atomic mass is 16.5. The quantitative estimate of drug-likeness (QED) is 0.705. The SMILES string of the molecule is COc1cc(C(C)NC(=O)c2cccc3ccccc23)cc(OC)c1OC. The summed E-state index contributed by atoms with van der Waals surface area (Å²) in [5, 5.41) is 5.01. The number of benzene rings is 3. The van der Waals surface area contributed by atoms with Crippen molar-refractivity contribution < 1.29 is 19.0 Å². The molecule has 5 heteroatoms. The fourth-order valence-corrected chi connectivity index (χ4v) is 3.13. The summed E-state index contributed by atoms with van der Waals surface area (Å²) < 4.78 is 16.2. The molecule has 0 bridgehead atoms. The number of hydrogen-bond acceptors (Lipinski definition) is 4. The lowest BCUT2D eigenvalue weighted by molar-refractivity contribution is 0.0941. The first-order valence-corrected chi connectivity index (χ1v) is 8.67. The molecule has 1 atom stereocenters. The van der Waals surface area contributed by atoms with E-state index in [1.54, 1.807) is 21.3 Å². The summed E-state index contributed by atoms with van der Waals surface area (Å²) in [6.07, 6.45) is 0. The number of rotatable bonds is 6. The van der Waals surface area contributed by atoms with Gasteiger partial charge in [0.1, 0.15) is 0 Å². The third-order valence-corrected chi connectivity index (χ3v) is 4.57. The number of hydrogen-bond donors (Lipinski definition) is 1. The molecular formula is C22H23NO4. The molecule has 0 saturated heterocycles. The van der Waals surface area contributed by atoms with E-state index in [1.165, 1.54) is 0 Å². The molecule has 0 saturated carbocycles. The molecule has 0 aliphatic carbocycles. The van der Waals surface area contributed by atoms with Crippen molar-refractivity contribution in [2.75, 3.05) is 21.3 Å². The van der Waals surface area contributed by atoms with E-state index in [-0.39, 0.29) is 11.9 Å². The Morgan fingerprint density at radius 3 is 2.15 bits per heavy atom. The van der Waals surface area contributed by atoms with E-state index in [2.05, 4.69) is 5.32 Å². The molecule has 0 radical (unpaired) electrons. The van der Waals surface area contributed by atoms with E-state index in [9.17, 15) is 4.79 Å². The van der Waals surface area contributed by atoms with E-state index in [0.29, 0.717) is 22.8 Å². The lowest BCUT2D eigenvalue weighted by Gasteiger charge is -2.19. The molecule has 0 aromatic heterocycles. The zero-order valence-corrected chi connectivity index (χ0v) is 15.9. The molecular weight excluding hydrogens is 342 g/mol. The highest BCUT2D eigenvalue weighted by molar-refractivity contribution is 6.07. The summed E-state index contributed by atoms with van der Waals surface area (Å²) in [6, 6.07) is 17.0. The second-order valence-corrected chi connectivity index (χ2v) is 6.18. The monoisotopic (exact) mass is 365 g/mol. The van der Waals surface area contributed by atoms with Gasteiger partial charge in [0, 0.05) is 5.56 Å². The predicted molar refractivity (Wildman–Crippen MR) is 106 cm³/mol. The summed E-state index contributed by atoms with van der Waals surface area (Å²) in [4.78, 5) is 12.9. The van der Waals surface area contributed by atoms with Crippen LogP contribution in [0.4, 0.5) is 0 Å². The number of ether oxygens (including phenoxy) is 3. The van der Waals surface area contributed by atoms with Crippen LogP contribution in [-0.2, 0) is 0 Å². The van der Waals surface area contributed by atoms with Crippen molar-refractivity contribution >= 4 is 16.7 Å². The molecule has 3 rings (SSSR count). The van der Waals surface area contributed by atoms with Gasteiger partial charge in [-0.15, -0.1) is 0 Å². The maximum Gasteiger partial charge on any atom is 0.252 e. The molecule has 27 heavy (non-hydrogen) atoms. The van der Waals surface area contributed by atoms with Crippen LogP contribution in [0.5, 0.6) is 17.2 Å². The van der Waals surface area contributed by atoms with Crippen LogP contribution in [0.3, 0.4) is 0 Å². The van der Waals surface area contributed by atoms with E-state index in [1.807, 2.05) is 61.5 Å². The summed E-state index contributed by atoms with van der Waals surface area (Å²) in [5.74, 6) is 1.50. The number of amides is 1. The second-order valence-electron chi connectivity index (χ2n) is 6.18. The summed E-state index contributed by atoms with van der Waals surface area (Å²) in [7, 11) is 4.70. The van der Waals surface area contributed by atoms with Gasteiger partial charge in [0.2, 0.25) is 5.75 Å². The Morgan fingerprint density at radius 1 is 0.889 bits per heavy atom. The first-order chi connectivity index (χ1) is 13.1. The van der Waals surface area contributed by atoms with Crippen LogP contribution in [0.2, 0.25) is 0 Å². The zero-order chi connectivity index (χ0) is 19.4. The molecule has 3 aromatic carbocycles. The summed E-state index contributed by atoms with van der Waals surface area (Å²) in [6.45, 7) is 1.92. The van der Waals surface area contributed by atoms with Gasteiger partial charge in [-0.2, -0.15) is 0 Å². The lowest BCUT2D eigenvalue weighted by Crippen LogP contribution is -2.26. The van der Waals surface area contributed by atoms with Crippen molar-refractivity contribution in [3.63, 3.8) is 0 Å². The average Bonchev–Trinajstić information content (AvgIpc) is 2.71. The Balaban J connectivity index is 1.90. The van der Waals surface area contributed by atoms with Crippen LogP contribution in [0.25, 0.3) is 10.8 Å². The van der Waals surface area contributed by atoms with E-state index in [0.717, 1.165) is 16.3 Å². The Morgan fingerprint density at radius 2 is 1.52 bits per heavy atom. The van der Waals surface area contributed by atoms with Crippen LogP contribution in [0.15, 0.2) is 54.6 Å². The molecule has 5 nitrogen and oxygen atoms in total. The second kappa shape index (κ2) is 7.99. The lowest BCUT2D eigenvalue weighted by atomic mass is 10.0. The predicted octanol–water partition coefficient (Wildman–Crippen LogP) is 4.36. The Bertz CT molecular complexity index is 937. The number of fused-ring (bicyclic) bond motifs is 1. The molecule has 0 heterocycles. The van der Waals surface area contributed by atoms with Gasteiger partial charge in [-0.3, -0.25) is 4.79 Å². The minimum atomic E-state index is -0.245. The zero-order valence-electron chi connectivity index (χ0n) is 15.9. The third-order valence-electron chi connectivity index (χ3n) is 4.57. The third kappa shape index (κ3) is 3.67. The fourth-order valence-electron chi connectivity index (χ4n) is 3.13. The van der Waals surface area contributed by atoms with Gasteiger partial charge in [-0.1, -0.05) is 36.4 Å². The normalized spacial score (nSPS) is 11.7. The van der Waals surface area contributed by atoms with Crippen molar-refractivity contribution in [1.82, 2.24) is 5.32 Å². The van der Waals surface area contributed by atoms with Crippen LogP contribution in [0, 0.1) is 0 Å². The maximum absolute atomic E-state index is 12.9. The minimum absolute atomic E-state index is 0.131. The molecule has 0 fully saturated rings. The van der Waals surface area contributed by atoms with Gasteiger partial charge in [-0.25, -0.2) is 0 Å². The van der Waals surface area contributed by atoms with E-state index < -0.39 is 0 Å². The van der Waals surface area contributed by atoms with Crippen molar-refractivity contribution in [3.8, 4) is 17.2 Å². The smallest absolute Gasteiger partial charge is 0.252 e. The molecule has 140 valence electrons. The Labute approximate surface area is 158 Å². The van der Waals surface area contributed by atoms with Crippen molar-refractivity contribution in [1.29, 1.82) is 0 Å². The standard InChI is InChI=1S/C22H23NO4/c1-14(16-12-19(25-2)21(27-4)20(13-16)26-3)23-22(24)18-11-7-9-15-8-5-6-10-17(15)18/h5-14H,1-4H3,(H,23,24). The fraction of sp³-hybridized carbons (Fsp3) is 0.227. The van der Waals surface area contributed by atoms with E-state index >= 15 is 0 Å².